The number of aromatic nitrogens is 2. The third-order valence-electron chi connectivity index (χ3n) is 9.19. The first-order chi connectivity index (χ1) is 27.8. The van der Waals surface area contributed by atoms with Crippen molar-refractivity contribution in [2.45, 2.75) is 91.1 Å². The van der Waals surface area contributed by atoms with Crippen molar-refractivity contribution in [3.8, 4) is 11.4 Å². The Kier molecular flexibility index (Phi) is 16.8. The van der Waals surface area contributed by atoms with E-state index in [1.165, 1.54) is 15.9 Å². The summed E-state index contributed by atoms with van der Waals surface area (Å²) < 4.78 is 36.5. The van der Waals surface area contributed by atoms with Gasteiger partial charge in [-0.25, -0.2) is 24.9 Å². The van der Waals surface area contributed by atoms with Crippen molar-refractivity contribution in [3.63, 3.8) is 0 Å². The Labute approximate surface area is 346 Å². The number of piperazine rings is 1. The fourth-order valence-electron chi connectivity index (χ4n) is 6.28. The van der Waals surface area contributed by atoms with Gasteiger partial charge in [0.2, 0.25) is 13.4 Å². The van der Waals surface area contributed by atoms with E-state index in [-0.39, 0.29) is 50.4 Å². The van der Waals surface area contributed by atoms with Crippen molar-refractivity contribution in [2.24, 2.45) is 0 Å². The van der Waals surface area contributed by atoms with Gasteiger partial charge in [-0.2, -0.15) is 0 Å². The molecule has 19 heteroatoms. The molecular formula is C40H61N8O10P. The van der Waals surface area contributed by atoms with Crippen LogP contribution in [-0.2, 0) is 37.9 Å². The highest BCUT2D eigenvalue weighted by molar-refractivity contribution is 7.60. The highest BCUT2D eigenvalue weighted by Crippen LogP contribution is 2.37. The second-order valence-corrected chi connectivity index (χ2v) is 18.9. The van der Waals surface area contributed by atoms with Gasteiger partial charge in [0.15, 0.2) is 5.82 Å². The van der Waals surface area contributed by atoms with Gasteiger partial charge in [-0.3, -0.25) is 23.7 Å². The second kappa shape index (κ2) is 21.1. The summed E-state index contributed by atoms with van der Waals surface area (Å²) in [5, 5.41) is 8.16. The number of hydrogen-bond acceptors (Lipinski definition) is 13. The number of amides is 3. The number of anilines is 1. The van der Waals surface area contributed by atoms with E-state index in [4.69, 9.17) is 23.9 Å². The van der Waals surface area contributed by atoms with Gasteiger partial charge >= 0.3 is 18.0 Å². The van der Waals surface area contributed by atoms with Crippen LogP contribution in [0.15, 0.2) is 36.4 Å². The monoisotopic (exact) mass is 844 g/mol. The van der Waals surface area contributed by atoms with Gasteiger partial charge in [0.05, 0.1) is 18.9 Å². The molecule has 18 nitrogen and oxygen atoms in total. The van der Waals surface area contributed by atoms with Crippen LogP contribution in [0.25, 0.3) is 11.4 Å². The van der Waals surface area contributed by atoms with E-state index in [9.17, 15) is 28.5 Å². The maximum Gasteiger partial charge on any atom is 0.409 e. The fourth-order valence-corrected chi connectivity index (χ4v) is 8.18. The number of benzene rings is 1. The first-order valence-corrected chi connectivity index (χ1v) is 21.9. The van der Waals surface area contributed by atoms with Crippen molar-refractivity contribution in [1.29, 1.82) is 0 Å². The Balaban J connectivity index is 1.67. The van der Waals surface area contributed by atoms with Crippen LogP contribution >= 0.6 is 7.44 Å². The van der Waals surface area contributed by atoms with E-state index in [1.54, 1.807) is 48.7 Å². The highest BCUT2D eigenvalue weighted by Gasteiger charge is 2.38. The predicted octanol–water partition coefficient (Wildman–Crippen LogP) is 3.60. The minimum atomic E-state index is -4.11. The summed E-state index contributed by atoms with van der Waals surface area (Å²) in [6.45, 7) is 13.0. The number of rotatable bonds is 17. The lowest BCUT2D eigenvalue weighted by Gasteiger charge is -2.36. The van der Waals surface area contributed by atoms with Gasteiger partial charge in [0.25, 0.3) is 5.91 Å². The summed E-state index contributed by atoms with van der Waals surface area (Å²) in [5.41, 5.74) is -1.09. The van der Waals surface area contributed by atoms with E-state index < -0.39 is 73.8 Å². The standard InChI is InChI=1S/C40H61N8O10P/c1-9-10-22-56-38(53)47-20-18-46(19-21-47)37(52)31(27-59(54,41-24-33(49)57-39(2,3)4)42-25-34(50)58-40(5,6)7)44-36(51)30-23-32(48-17-16-29(26-48)55-8)45-35(43-30)28-14-12-11-13-15-28/h11-15,23,29,31H,9-10,16-22,24-27H2,1-8H3,(H,44,51)(H2,41,42,54)/t29-,31?/m0/s1. The number of carbonyl (C=O) groups excluding carboxylic acids is 5. The first kappa shape index (κ1) is 47.0. The molecule has 0 saturated carbocycles. The van der Waals surface area contributed by atoms with Crippen LogP contribution in [0.5, 0.6) is 0 Å². The van der Waals surface area contributed by atoms with Crippen molar-refractivity contribution in [2.75, 3.05) is 77.1 Å². The molecule has 2 fully saturated rings. The summed E-state index contributed by atoms with van der Waals surface area (Å²) >= 11 is 0. The number of carbonyl (C=O) groups is 5. The highest BCUT2D eigenvalue weighted by atomic mass is 31.2. The maximum absolute atomic E-state index is 14.8. The topological polar surface area (TPSA) is 211 Å². The lowest BCUT2D eigenvalue weighted by molar-refractivity contribution is -0.154. The Morgan fingerprint density at radius 1 is 0.864 bits per heavy atom. The number of methoxy groups -OCH3 is 1. The van der Waals surface area contributed by atoms with Gasteiger partial charge in [0.1, 0.15) is 41.8 Å². The van der Waals surface area contributed by atoms with E-state index >= 15 is 0 Å². The van der Waals surface area contributed by atoms with Gasteiger partial charge in [0, 0.05) is 58.0 Å². The molecule has 2 saturated heterocycles. The quantitative estimate of drug-likeness (QED) is 0.0899. The molecule has 0 bridgehead atoms. The van der Waals surface area contributed by atoms with Crippen molar-refractivity contribution < 1.29 is 47.5 Å². The molecule has 326 valence electrons. The zero-order valence-corrected chi connectivity index (χ0v) is 36.5. The summed E-state index contributed by atoms with van der Waals surface area (Å²) in [5.74, 6) is -2.05. The minimum Gasteiger partial charge on any atom is -0.459 e. The van der Waals surface area contributed by atoms with Crippen LogP contribution in [-0.4, -0.2) is 145 Å². The lowest BCUT2D eigenvalue weighted by atomic mass is 10.2. The molecule has 1 aromatic carbocycles. The van der Waals surface area contributed by atoms with E-state index in [1.807, 2.05) is 42.2 Å². The van der Waals surface area contributed by atoms with Gasteiger partial charge in [-0.05, 0) is 54.4 Å². The molecule has 3 heterocycles. The summed E-state index contributed by atoms with van der Waals surface area (Å²) in [6.07, 6.45) is 1.25. The molecule has 2 aliphatic rings. The van der Waals surface area contributed by atoms with Crippen molar-refractivity contribution in [1.82, 2.24) is 35.3 Å². The third-order valence-corrected chi connectivity index (χ3v) is 11.4. The van der Waals surface area contributed by atoms with Crippen molar-refractivity contribution >= 4 is 43.1 Å². The molecule has 0 aliphatic carbocycles. The smallest absolute Gasteiger partial charge is 0.409 e. The van der Waals surface area contributed by atoms with E-state index in [0.29, 0.717) is 24.5 Å². The molecular weight excluding hydrogens is 783 g/mol. The predicted molar refractivity (Wildman–Crippen MR) is 221 cm³/mol. The Morgan fingerprint density at radius 2 is 1.46 bits per heavy atom. The number of nitrogens with one attached hydrogen (secondary N) is 3. The van der Waals surface area contributed by atoms with Gasteiger partial charge in [-0.15, -0.1) is 0 Å². The summed E-state index contributed by atoms with van der Waals surface area (Å²) in [4.78, 5) is 81.5. The lowest BCUT2D eigenvalue weighted by Crippen LogP contribution is -2.57. The molecule has 0 radical (unpaired) electrons. The van der Waals surface area contributed by atoms with Crippen LogP contribution in [0.2, 0.25) is 0 Å². The number of ether oxygens (including phenoxy) is 4. The molecule has 2 aliphatic heterocycles. The Bertz CT molecular complexity index is 1780. The molecule has 59 heavy (non-hydrogen) atoms. The minimum absolute atomic E-state index is 0.0291. The normalized spacial score (nSPS) is 16.7. The Hall–Kier alpha value is -4.64. The zero-order chi connectivity index (χ0) is 43.4. The molecule has 3 amide bonds. The molecule has 3 N–H and O–H groups in total. The molecule has 0 spiro atoms. The van der Waals surface area contributed by atoms with E-state index in [2.05, 4.69) is 20.5 Å². The first-order valence-electron chi connectivity index (χ1n) is 20.0. The molecule has 2 atom stereocenters. The molecule has 4 rings (SSSR count). The molecule has 1 aromatic heterocycles. The van der Waals surface area contributed by atoms with E-state index in [0.717, 1.165) is 19.3 Å². The third kappa shape index (κ3) is 15.2. The number of nitrogens with zero attached hydrogens (tertiary/aromatic N) is 5. The molecule has 2 aromatic rings. The largest absolute Gasteiger partial charge is 0.459 e. The summed E-state index contributed by atoms with van der Waals surface area (Å²) in [6, 6.07) is 9.19. The van der Waals surface area contributed by atoms with Gasteiger partial charge in [-0.1, -0.05) is 43.7 Å². The Morgan fingerprint density at radius 3 is 2.00 bits per heavy atom. The van der Waals surface area contributed by atoms with Crippen molar-refractivity contribution in [3.05, 3.63) is 42.1 Å². The fraction of sp³-hybridized carbons (Fsp3) is 0.625. The number of hydrogen-bond donors (Lipinski definition) is 3. The van der Waals surface area contributed by atoms with Crippen LogP contribution in [0.3, 0.4) is 0 Å². The average molecular weight is 845 g/mol. The molecule has 1 unspecified atom stereocenters. The summed E-state index contributed by atoms with van der Waals surface area (Å²) in [7, 11) is -2.47. The second-order valence-electron chi connectivity index (χ2n) is 16.5. The SMILES string of the molecule is CCCCOC(=O)N1CCN(C(=O)C(CP(=O)(NCC(=O)OC(C)(C)C)NCC(=O)OC(C)(C)C)NC(=O)c2cc(N3CC[C@H](OC)C3)nc(-c3ccccc3)n2)CC1. The average Bonchev–Trinajstić information content (AvgIpc) is 3.68. The van der Waals surface area contributed by atoms with Gasteiger partial charge < -0.3 is 39.0 Å². The van der Waals surface area contributed by atoms with Crippen LogP contribution < -0.4 is 20.4 Å². The maximum atomic E-state index is 14.8. The zero-order valence-electron chi connectivity index (χ0n) is 35.6. The number of unbranched alkanes of at least 4 members (excludes halogenated alkanes) is 1. The number of esters is 2. The van der Waals surface area contributed by atoms with Crippen LogP contribution in [0, 0.1) is 0 Å². The van der Waals surface area contributed by atoms with Crippen LogP contribution in [0.4, 0.5) is 10.6 Å². The van der Waals surface area contributed by atoms with Crippen LogP contribution in [0.1, 0.15) is 78.2 Å².